The van der Waals surface area contributed by atoms with Crippen LogP contribution in [0.25, 0.3) is 0 Å². The normalized spacial score (nSPS) is 19.6. The Kier molecular flexibility index (Phi) is 5.35. The summed E-state index contributed by atoms with van der Waals surface area (Å²) in [5.74, 6) is 0.883. The van der Waals surface area contributed by atoms with Crippen LogP contribution in [-0.4, -0.2) is 44.8 Å². The van der Waals surface area contributed by atoms with Gasteiger partial charge in [0.2, 0.25) is 0 Å². The molecule has 1 heterocycles. The number of hydrogen-bond acceptors (Lipinski definition) is 3. The molecular weight excluding hydrogens is 164 g/mol. The fraction of sp³-hybridized carbons (Fsp3) is 1.00. The average molecular weight is 186 g/mol. The van der Waals surface area contributed by atoms with E-state index in [2.05, 4.69) is 11.9 Å². The molecule has 0 aromatic rings. The van der Waals surface area contributed by atoms with Crippen LogP contribution >= 0.6 is 0 Å². The van der Waals surface area contributed by atoms with Gasteiger partial charge in [0.1, 0.15) is 0 Å². The molecule has 0 spiro atoms. The lowest BCUT2D eigenvalue weighted by atomic mass is 9.96. The Morgan fingerprint density at radius 1 is 1.31 bits per heavy atom. The molecule has 0 aliphatic carbocycles. The van der Waals surface area contributed by atoms with E-state index in [9.17, 15) is 0 Å². The zero-order chi connectivity index (χ0) is 9.52. The van der Waals surface area contributed by atoms with Crippen LogP contribution in [0, 0.1) is 5.92 Å². The summed E-state index contributed by atoms with van der Waals surface area (Å²) in [5, 5.41) is 0. The molecule has 0 aromatic heterocycles. The number of hydrogen-bond donors (Lipinski definition) is 1. The first-order valence-corrected chi connectivity index (χ1v) is 5.29. The lowest BCUT2D eigenvalue weighted by molar-refractivity contribution is 0.0611. The largest absolute Gasteiger partial charge is 0.381 e. The molecule has 2 N–H and O–H groups in total. The van der Waals surface area contributed by atoms with Crippen LogP contribution < -0.4 is 5.73 Å². The molecule has 3 heteroatoms. The molecule has 0 bridgehead atoms. The molecule has 1 saturated heterocycles. The van der Waals surface area contributed by atoms with Crippen molar-refractivity contribution in [2.45, 2.75) is 19.3 Å². The van der Waals surface area contributed by atoms with Gasteiger partial charge >= 0.3 is 0 Å². The SMILES string of the molecule is CN(CCN)CCC1CCOCC1. The minimum absolute atomic E-state index is 0.768. The van der Waals surface area contributed by atoms with Crippen LogP contribution in [0.5, 0.6) is 0 Å². The van der Waals surface area contributed by atoms with Crippen molar-refractivity contribution in [3.8, 4) is 0 Å². The van der Waals surface area contributed by atoms with E-state index in [1.54, 1.807) is 0 Å². The van der Waals surface area contributed by atoms with Crippen molar-refractivity contribution in [1.82, 2.24) is 4.90 Å². The second kappa shape index (κ2) is 6.35. The lowest BCUT2D eigenvalue weighted by Gasteiger charge is -2.24. The van der Waals surface area contributed by atoms with Crippen molar-refractivity contribution in [3.63, 3.8) is 0 Å². The molecule has 0 aromatic carbocycles. The number of nitrogens with two attached hydrogens (primary N) is 1. The fourth-order valence-electron chi connectivity index (χ4n) is 1.77. The third kappa shape index (κ3) is 4.60. The number of rotatable bonds is 5. The standard InChI is InChI=1S/C10H22N2O/c1-12(7-5-11)6-2-10-3-8-13-9-4-10/h10H,2-9,11H2,1H3. The minimum atomic E-state index is 0.768. The third-order valence-corrected chi connectivity index (χ3v) is 2.77. The van der Waals surface area contributed by atoms with E-state index < -0.39 is 0 Å². The van der Waals surface area contributed by atoms with Gasteiger partial charge in [-0.25, -0.2) is 0 Å². The molecule has 0 unspecified atom stereocenters. The summed E-state index contributed by atoms with van der Waals surface area (Å²) < 4.78 is 5.32. The quantitative estimate of drug-likeness (QED) is 0.686. The van der Waals surface area contributed by atoms with E-state index >= 15 is 0 Å². The minimum Gasteiger partial charge on any atom is -0.381 e. The summed E-state index contributed by atoms with van der Waals surface area (Å²) in [6.07, 6.45) is 3.80. The van der Waals surface area contributed by atoms with Gasteiger partial charge in [0, 0.05) is 26.3 Å². The molecule has 1 aliphatic rings. The first kappa shape index (κ1) is 11.0. The highest BCUT2D eigenvalue weighted by molar-refractivity contribution is 4.65. The highest BCUT2D eigenvalue weighted by Crippen LogP contribution is 2.18. The Balaban J connectivity index is 2.03. The van der Waals surface area contributed by atoms with Gasteiger partial charge in [0.15, 0.2) is 0 Å². The second-order valence-corrected chi connectivity index (χ2v) is 3.94. The molecule has 0 atom stereocenters. The first-order valence-electron chi connectivity index (χ1n) is 5.29. The maximum absolute atomic E-state index is 5.48. The van der Waals surface area contributed by atoms with Crippen LogP contribution in [0.15, 0.2) is 0 Å². The van der Waals surface area contributed by atoms with Crippen LogP contribution in [0.4, 0.5) is 0 Å². The summed E-state index contributed by atoms with van der Waals surface area (Å²) in [5.41, 5.74) is 5.48. The Hall–Kier alpha value is -0.120. The number of likely N-dealkylation sites (N-methyl/N-ethyl adjacent to an activating group) is 1. The first-order chi connectivity index (χ1) is 6.33. The van der Waals surface area contributed by atoms with E-state index in [1.807, 2.05) is 0 Å². The summed E-state index contributed by atoms with van der Waals surface area (Å²) >= 11 is 0. The summed E-state index contributed by atoms with van der Waals surface area (Å²) in [6, 6.07) is 0. The van der Waals surface area contributed by atoms with E-state index in [1.165, 1.54) is 25.8 Å². The predicted octanol–water partition coefficient (Wildman–Crippen LogP) is 0.694. The Labute approximate surface area is 81.2 Å². The zero-order valence-electron chi connectivity index (χ0n) is 8.67. The molecule has 3 nitrogen and oxygen atoms in total. The number of ether oxygens (including phenoxy) is 1. The van der Waals surface area contributed by atoms with E-state index in [0.717, 1.165) is 32.2 Å². The topological polar surface area (TPSA) is 38.5 Å². The average Bonchev–Trinajstić information content (AvgIpc) is 2.17. The van der Waals surface area contributed by atoms with Crippen molar-refractivity contribution in [2.75, 3.05) is 39.9 Å². The monoisotopic (exact) mass is 186 g/mol. The predicted molar refractivity (Wildman–Crippen MR) is 54.7 cm³/mol. The van der Waals surface area contributed by atoms with Crippen LogP contribution in [0.2, 0.25) is 0 Å². The van der Waals surface area contributed by atoms with Crippen molar-refractivity contribution >= 4 is 0 Å². The molecule has 0 saturated carbocycles. The molecule has 13 heavy (non-hydrogen) atoms. The number of nitrogens with zero attached hydrogens (tertiary/aromatic N) is 1. The zero-order valence-corrected chi connectivity index (χ0v) is 8.67. The van der Waals surface area contributed by atoms with Gasteiger partial charge < -0.3 is 15.4 Å². The maximum Gasteiger partial charge on any atom is 0.0468 e. The Morgan fingerprint density at radius 2 is 2.00 bits per heavy atom. The van der Waals surface area contributed by atoms with Gasteiger partial charge in [-0.15, -0.1) is 0 Å². The lowest BCUT2D eigenvalue weighted by Crippen LogP contribution is -2.28. The van der Waals surface area contributed by atoms with Crippen LogP contribution in [-0.2, 0) is 4.74 Å². The highest BCUT2D eigenvalue weighted by Gasteiger charge is 2.13. The molecule has 0 radical (unpaired) electrons. The molecule has 0 amide bonds. The van der Waals surface area contributed by atoms with Crippen LogP contribution in [0.3, 0.4) is 0 Å². The van der Waals surface area contributed by atoms with Crippen LogP contribution in [0.1, 0.15) is 19.3 Å². The molecule has 1 fully saturated rings. The second-order valence-electron chi connectivity index (χ2n) is 3.94. The maximum atomic E-state index is 5.48. The van der Waals surface area contributed by atoms with E-state index in [-0.39, 0.29) is 0 Å². The fourth-order valence-corrected chi connectivity index (χ4v) is 1.77. The van der Waals surface area contributed by atoms with Gasteiger partial charge in [-0.1, -0.05) is 0 Å². The van der Waals surface area contributed by atoms with Gasteiger partial charge in [-0.2, -0.15) is 0 Å². The molecule has 1 rings (SSSR count). The highest BCUT2D eigenvalue weighted by atomic mass is 16.5. The third-order valence-electron chi connectivity index (χ3n) is 2.77. The summed E-state index contributed by atoms with van der Waals surface area (Å²) in [7, 11) is 2.15. The molecule has 1 aliphatic heterocycles. The molecule has 78 valence electrons. The van der Waals surface area contributed by atoms with Crippen molar-refractivity contribution < 1.29 is 4.74 Å². The van der Waals surface area contributed by atoms with Gasteiger partial charge in [-0.3, -0.25) is 0 Å². The molecular formula is C10H22N2O. The van der Waals surface area contributed by atoms with Crippen molar-refractivity contribution in [1.29, 1.82) is 0 Å². The summed E-state index contributed by atoms with van der Waals surface area (Å²) in [4.78, 5) is 2.31. The van der Waals surface area contributed by atoms with Gasteiger partial charge in [-0.05, 0) is 38.8 Å². The van der Waals surface area contributed by atoms with Gasteiger partial charge in [0.25, 0.3) is 0 Å². The smallest absolute Gasteiger partial charge is 0.0468 e. The van der Waals surface area contributed by atoms with E-state index in [0.29, 0.717) is 0 Å². The Bertz CT molecular complexity index is 124. The van der Waals surface area contributed by atoms with Crippen molar-refractivity contribution in [3.05, 3.63) is 0 Å². The van der Waals surface area contributed by atoms with Gasteiger partial charge in [0.05, 0.1) is 0 Å². The summed E-state index contributed by atoms with van der Waals surface area (Å²) in [6.45, 7) is 4.89. The van der Waals surface area contributed by atoms with Crippen molar-refractivity contribution in [2.24, 2.45) is 11.7 Å². The van der Waals surface area contributed by atoms with E-state index in [4.69, 9.17) is 10.5 Å². The Morgan fingerprint density at radius 3 is 2.62 bits per heavy atom.